The SMILES string of the molecule is CCCCCCC[CH2][Sn]([CH2]CCCCCCC)([C](=O)O)[C](=O)O. The van der Waals surface area contributed by atoms with Crippen LogP contribution in [0.2, 0.25) is 8.87 Å². The molecule has 0 aromatic carbocycles. The van der Waals surface area contributed by atoms with Crippen LogP contribution >= 0.6 is 0 Å². The Morgan fingerprint density at radius 2 is 0.913 bits per heavy atom. The first-order valence-corrected chi connectivity index (χ1v) is 16.4. The van der Waals surface area contributed by atoms with Crippen LogP contribution < -0.4 is 0 Å². The Bertz CT molecular complexity index is 299. The van der Waals surface area contributed by atoms with Gasteiger partial charge in [0.1, 0.15) is 0 Å². The molecule has 0 radical (unpaired) electrons. The molecule has 0 saturated heterocycles. The van der Waals surface area contributed by atoms with Crippen LogP contribution in [-0.2, 0) is 0 Å². The van der Waals surface area contributed by atoms with E-state index in [0.29, 0.717) is 8.87 Å². The van der Waals surface area contributed by atoms with E-state index < -0.39 is 26.3 Å². The molecule has 0 aliphatic heterocycles. The van der Waals surface area contributed by atoms with Gasteiger partial charge in [-0.1, -0.05) is 0 Å². The fourth-order valence-electron chi connectivity index (χ4n) is 3.06. The van der Waals surface area contributed by atoms with Gasteiger partial charge >= 0.3 is 146 Å². The number of carboxylic acid groups (broad SMARTS) is 2. The maximum absolute atomic E-state index is 11.7. The number of unbranched alkanes of at least 4 members (excludes halogenated alkanes) is 10. The van der Waals surface area contributed by atoms with Gasteiger partial charge in [0.2, 0.25) is 0 Å². The Kier molecular flexibility index (Phi) is 14.0. The average molecular weight is 435 g/mol. The number of carbonyl (C=O) groups is 2. The zero-order valence-electron chi connectivity index (χ0n) is 15.1. The first-order valence-electron chi connectivity index (χ1n) is 9.48. The molecular formula is C18H36O4Sn. The van der Waals surface area contributed by atoms with Gasteiger partial charge in [-0.25, -0.2) is 0 Å². The quantitative estimate of drug-likeness (QED) is 0.210. The monoisotopic (exact) mass is 436 g/mol. The Balaban J connectivity index is 4.30. The van der Waals surface area contributed by atoms with Gasteiger partial charge in [-0.05, 0) is 0 Å². The molecule has 2 N–H and O–H groups in total. The van der Waals surface area contributed by atoms with E-state index in [9.17, 15) is 19.8 Å². The molecule has 0 aromatic rings. The van der Waals surface area contributed by atoms with Gasteiger partial charge in [0.15, 0.2) is 0 Å². The second-order valence-electron chi connectivity index (χ2n) is 6.73. The van der Waals surface area contributed by atoms with E-state index in [-0.39, 0.29) is 0 Å². The van der Waals surface area contributed by atoms with Crippen LogP contribution in [0.15, 0.2) is 0 Å². The summed E-state index contributed by atoms with van der Waals surface area (Å²) in [6.45, 7) is 4.33. The Hall–Kier alpha value is -0.261. The molecule has 0 aliphatic carbocycles. The van der Waals surface area contributed by atoms with Crippen molar-refractivity contribution in [2.75, 3.05) is 0 Å². The van der Waals surface area contributed by atoms with Crippen LogP contribution in [0.1, 0.15) is 90.9 Å². The van der Waals surface area contributed by atoms with Crippen molar-refractivity contribution in [2.24, 2.45) is 0 Å². The zero-order chi connectivity index (χ0) is 17.6. The Morgan fingerprint density at radius 3 is 1.22 bits per heavy atom. The topological polar surface area (TPSA) is 74.6 Å². The summed E-state index contributed by atoms with van der Waals surface area (Å²) in [6, 6.07) is 0. The fourth-order valence-corrected chi connectivity index (χ4v) is 11.6. The maximum atomic E-state index is 11.7. The summed E-state index contributed by atoms with van der Waals surface area (Å²) in [5.41, 5.74) is 0. The van der Waals surface area contributed by atoms with Crippen molar-refractivity contribution in [3.8, 4) is 0 Å². The molecule has 23 heavy (non-hydrogen) atoms. The third kappa shape index (κ3) is 9.58. The predicted octanol–water partition coefficient (Wildman–Crippen LogP) is 6.68. The molecule has 0 heterocycles. The van der Waals surface area contributed by atoms with E-state index in [2.05, 4.69) is 13.8 Å². The molecule has 0 atom stereocenters. The minimum atomic E-state index is -4.11. The summed E-state index contributed by atoms with van der Waals surface area (Å²) < 4.78 is -0.955. The minimum absolute atomic E-state index is 0.473. The number of rotatable bonds is 16. The third-order valence-corrected chi connectivity index (χ3v) is 16.3. The summed E-state index contributed by atoms with van der Waals surface area (Å²) >= 11 is -4.11. The van der Waals surface area contributed by atoms with Gasteiger partial charge in [-0.2, -0.15) is 0 Å². The van der Waals surface area contributed by atoms with Crippen LogP contribution in [0.3, 0.4) is 0 Å². The van der Waals surface area contributed by atoms with Gasteiger partial charge in [0.05, 0.1) is 0 Å². The molecule has 0 unspecified atom stereocenters. The predicted molar refractivity (Wildman–Crippen MR) is 98.2 cm³/mol. The third-order valence-electron chi connectivity index (χ3n) is 4.73. The summed E-state index contributed by atoms with van der Waals surface area (Å²) in [6.07, 6.45) is 12.9. The molecule has 0 aliphatic rings. The van der Waals surface area contributed by atoms with Crippen LogP contribution in [0.5, 0.6) is 0 Å². The van der Waals surface area contributed by atoms with Crippen molar-refractivity contribution in [3.63, 3.8) is 0 Å². The molecule has 0 fully saturated rings. The van der Waals surface area contributed by atoms with Crippen molar-refractivity contribution in [3.05, 3.63) is 0 Å². The molecular weight excluding hydrogens is 399 g/mol. The van der Waals surface area contributed by atoms with E-state index in [0.717, 1.165) is 38.5 Å². The molecule has 0 amide bonds. The van der Waals surface area contributed by atoms with Gasteiger partial charge in [0, 0.05) is 0 Å². The van der Waals surface area contributed by atoms with Crippen molar-refractivity contribution in [2.45, 2.75) is 99.8 Å². The molecule has 0 bridgehead atoms. The second-order valence-corrected chi connectivity index (χ2v) is 18.2. The molecule has 5 heteroatoms. The van der Waals surface area contributed by atoms with E-state index in [1.54, 1.807) is 0 Å². The normalized spacial score (nSPS) is 11.6. The number of hydrogen-bond acceptors (Lipinski definition) is 2. The first-order chi connectivity index (χ1) is 11.0. The summed E-state index contributed by atoms with van der Waals surface area (Å²) in [5, 5.41) is 19.2. The van der Waals surface area contributed by atoms with Crippen molar-refractivity contribution in [1.29, 1.82) is 0 Å². The molecule has 0 aromatic heterocycles. The van der Waals surface area contributed by atoms with E-state index >= 15 is 0 Å². The number of hydrogen-bond donors (Lipinski definition) is 2. The van der Waals surface area contributed by atoms with E-state index in [4.69, 9.17) is 0 Å². The average Bonchev–Trinajstić information content (AvgIpc) is 2.51. The zero-order valence-corrected chi connectivity index (χ0v) is 18.0. The van der Waals surface area contributed by atoms with Gasteiger partial charge in [-0.15, -0.1) is 0 Å². The van der Waals surface area contributed by atoms with E-state index in [1.165, 1.54) is 38.5 Å². The van der Waals surface area contributed by atoms with Crippen molar-refractivity contribution >= 4 is 26.3 Å². The molecule has 0 saturated carbocycles. The molecule has 4 nitrogen and oxygen atoms in total. The van der Waals surface area contributed by atoms with Crippen LogP contribution in [0.25, 0.3) is 0 Å². The van der Waals surface area contributed by atoms with Crippen LogP contribution in [0.4, 0.5) is 9.59 Å². The summed E-state index contributed by atoms with van der Waals surface area (Å²) in [5.74, 6) is 0. The second kappa shape index (κ2) is 14.1. The van der Waals surface area contributed by atoms with E-state index in [1.807, 2.05) is 0 Å². The van der Waals surface area contributed by atoms with Crippen LogP contribution in [0, 0.1) is 0 Å². The Morgan fingerprint density at radius 1 is 0.609 bits per heavy atom. The molecule has 0 spiro atoms. The standard InChI is InChI=1S/2C8H17.2CHO2.Sn/c2*1-3-5-7-8-6-4-2;2*2-1-3;/h2*1,3-8H2,2H3;2*(H,2,3);. The first kappa shape index (κ1) is 22.7. The van der Waals surface area contributed by atoms with Crippen molar-refractivity contribution in [1.82, 2.24) is 0 Å². The van der Waals surface area contributed by atoms with Crippen molar-refractivity contribution < 1.29 is 19.8 Å². The molecule has 136 valence electrons. The summed E-state index contributed by atoms with van der Waals surface area (Å²) in [7, 11) is 0. The van der Waals surface area contributed by atoms with Gasteiger partial charge in [-0.3, -0.25) is 0 Å². The molecule has 0 rings (SSSR count). The Labute approximate surface area is 145 Å². The van der Waals surface area contributed by atoms with Gasteiger partial charge in [0.25, 0.3) is 0 Å². The van der Waals surface area contributed by atoms with Crippen LogP contribution in [-0.4, -0.2) is 36.6 Å². The fraction of sp³-hybridized carbons (Fsp3) is 0.889. The van der Waals surface area contributed by atoms with Gasteiger partial charge < -0.3 is 0 Å². The summed E-state index contributed by atoms with van der Waals surface area (Å²) in [4.78, 5) is 23.4.